The molecule has 25 heavy (non-hydrogen) atoms. The molecule has 1 fully saturated rings. The minimum Gasteiger partial charge on any atom is -0.459 e. The van der Waals surface area contributed by atoms with Crippen LogP contribution in [-0.4, -0.2) is 17.9 Å². The van der Waals surface area contributed by atoms with Gasteiger partial charge in [0.15, 0.2) is 5.76 Å². The summed E-state index contributed by atoms with van der Waals surface area (Å²) in [6.45, 7) is 0. The van der Waals surface area contributed by atoms with Gasteiger partial charge in [-0.25, -0.2) is 0 Å². The van der Waals surface area contributed by atoms with Crippen molar-refractivity contribution in [1.29, 1.82) is 0 Å². The molecule has 0 bridgehead atoms. The van der Waals surface area contributed by atoms with Crippen LogP contribution in [0.3, 0.4) is 0 Å². The lowest BCUT2D eigenvalue weighted by molar-refractivity contribution is -0.119. The Labute approximate surface area is 156 Å². The van der Waals surface area contributed by atoms with Crippen LogP contribution in [-0.2, 0) is 4.79 Å². The van der Waals surface area contributed by atoms with E-state index in [0.717, 1.165) is 12.8 Å². The molecule has 2 unspecified atom stereocenters. The van der Waals surface area contributed by atoms with Gasteiger partial charge in [-0.2, -0.15) is 0 Å². The monoisotopic (exact) mass is 383 g/mol. The molecule has 2 atom stereocenters. The van der Waals surface area contributed by atoms with Crippen molar-refractivity contribution in [3.8, 4) is 0 Å². The van der Waals surface area contributed by atoms with E-state index in [2.05, 4.69) is 10.6 Å². The van der Waals surface area contributed by atoms with Crippen LogP contribution in [0.15, 0.2) is 41.0 Å². The standard InChI is InChI=1S/C17H18ClN3O3.ClH/c18-11-4-6-13(20-16(22)10-3-5-12(19)8-10)14(9-11)21-17(23)15-2-1-7-24-15;/h1-2,4,6-7,9-10,12H,3,5,8,19H2,(H,20,22)(H,21,23);1H. The second-order valence-electron chi connectivity index (χ2n) is 5.88. The summed E-state index contributed by atoms with van der Waals surface area (Å²) in [5, 5.41) is 6.00. The van der Waals surface area contributed by atoms with E-state index in [0.29, 0.717) is 22.8 Å². The molecule has 1 aromatic heterocycles. The number of nitrogens with one attached hydrogen (secondary N) is 2. The largest absolute Gasteiger partial charge is 0.459 e. The van der Waals surface area contributed by atoms with Gasteiger partial charge in [-0.1, -0.05) is 11.6 Å². The third-order valence-corrected chi connectivity index (χ3v) is 4.31. The second kappa shape index (κ2) is 8.38. The van der Waals surface area contributed by atoms with Gasteiger partial charge in [0, 0.05) is 17.0 Å². The molecule has 134 valence electrons. The van der Waals surface area contributed by atoms with E-state index in [-0.39, 0.29) is 36.0 Å². The van der Waals surface area contributed by atoms with E-state index < -0.39 is 5.91 Å². The molecule has 3 rings (SSSR count). The minimum atomic E-state index is -0.416. The molecule has 0 radical (unpaired) electrons. The van der Waals surface area contributed by atoms with E-state index >= 15 is 0 Å². The fourth-order valence-electron chi connectivity index (χ4n) is 2.81. The highest BCUT2D eigenvalue weighted by atomic mass is 35.5. The van der Waals surface area contributed by atoms with Crippen LogP contribution in [0, 0.1) is 5.92 Å². The average molecular weight is 384 g/mol. The highest BCUT2D eigenvalue weighted by Gasteiger charge is 2.28. The third kappa shape index (κ3) is 4.75. The van der Waals surface area contributed by atoms with Gasteiger partial charge in [0.1, 0.15) is 0 Å². The Balaban J connectivity index is 0.00000225. The Morgan fingerprint density at radius 1 is 1.16 bits per heavy atom. The number of amides is 2. The summed E-state index contributed by atoms with van der Waals surface area (Å²) >= 11 is 6.00. The molecule has 1 aliphatic carbocycles. The molecule has 2 amide bonds. The van der Waals surface area contributed by atoms with Gasteiger partial charge >= 0.3 is 0 Å². The van der Waals surface area contributed by atoms with Gasteiger partial charge in [-0.15, -0.1) is 12.4 Å². The number of anilines is 2. The maximum atomic E-state index is 12.4. The molecule has 8 heteroatoms. The molecule has 4 N–H and O–H groups in total. The van der Waals surface area contributed by atoms with E-state index in [1.807, 2.05) is 0 Å². The molecule has 1 heterocycles. The van der Waals surface area contributed by atoms with E-state index in [1.165, 1.54) is 6.26 Å². The zero-order valence-electron chi connectivity index (χ0n) is 13.3. The van der Waals surface area contributed by atoms with Crippen LogP contribution in [0.2, 0.25) is 5.02 Å². The Hall–Kier alpha value is -2.02. The first-order chi connectivity index (χ1) is 11.5. The highest BCUT2D eigenvalue weighted by Crippen LogP contribution is 2.30. The highest BCUT2D eigenvalue weighted by molar-refractivity contribution is 6.31. The van der Waals surface area contributed by atoms with Crippen molar-refractivity contribution in [1.82, 2.24) is 0 Å². The first kappa shape index (κ1) is 19.3. The van der Waals surface area contributed by atoms with Crippen molar-refractivity contribution in [2.45, 2.75) is 25.3 Å². The fourth-order valence-corrected chi connectivity index (χ4v) is 2.98. The zero-order valence-corrected chi connectivity index (χ0v) is 14.9. The van der Waals surface area contributed by atoms with Crippen molar-refractivity contribution in [2.24, 2.45) is 11.7 Å². The van der Waals surface area contributed by atoms with Crippen molar-refractivity contribution in [3.05, 3.63) is 47.4 Å². The Morgan fingerprint density at radius 3 is 2.60 bits per heavy atom. The Morgan fingerprint density at radius 2 is 1.96 bits per heavy atom. The number of nitrogens with two attached hydrogens (primary N) is 1. The topological polar surface area (TPSA) is 97.4 Å². The second-order valence-corrected chi connectivity index (χ2v) is 6.32. The van der Waals surface area contributed by atoms with Crippen LogP contribution in [0.5, 0.6) is 0 Å². The first-order valence-electron chi connectivity index (χ1n) is 7.74. The van der Waals surface area contributed by atoms with Gasteiger partial charge < -0.3 is 20.8 Å². The summed E-state index contributed by atoms with van der Waals surface area (Å²) in [5.41, 5.74) is 6.77. The average Bonchev–Trinajstić information content (AvgIpc) is 3.21. The number of benzene rings is 1. The lowest BCUT2D eigenvalue weighted by atomic mass is 10.1. The molecule has 6 nitrogen and oxygen atoms in total. The van der Waals surface area contributed by atoms with Crippen molar-refractivity contribution < 1.29 is 14.0 Å². The summed E-state index contributed by atoms with van der Waals surface area (Å²) in [4.78, 5) is 24.5. The Kier molecular flexibility index (Phi) is 6.47. The molecule has 0 aliphatic heterocycles. The van der Waals surface area contributed by atoms with Gasteiger partial charge in [-0.3, -0.25) is 9.59 Å². The summed E-state index contributed by atoms with van der Waals surface area (Å²) in [6, 6.07) is 8.14. The SMILES string of the molecule is Cl.NC1CCC(C(=O)Nc2ccc(Cl)cc2NC(=O)c2ccco2)C1. The smallest absolute Gasteiger partial charge is 0.291 e. The molecule has 0 spiro atoms. The summed E-state index contributed by atoms with van der Waals surface area (Å²) in [5.74, 6) is -0.447. The van der Waals surface area contributed by atoms with Crippen molar-refractivity contribution in [2.75, 3.05) is 10.6 Å². The predicted octanol–water partition coefficient (Wildman–Crippen LogP) is 3.67. The zero-order chi connectivity index (χ0) is 17.1. The molecule has 1 saturated carbocycles. The summed E-state index contributed by atoms with van der Waals surface area (Å²) in [7, 11) is 0. The van der Waals surface area contributed by atoms with Crippen LogP contribution < -0.4 is 16.4 Å². The van der Waals surface area contributed by atoms with E-state index in [9.17, 15) is 9.59 Å². The number of halogens is 2. The number of rotatable bonds is 4. The lowest BCUT2D eigenvalue weighted by Crippen LogP contribution is -2.24. The maximum Gasteiger partial charge on any atom is 0.291 e. The van der Waals surface area contributed by atoms with Gasteiger partial charge in [-0.05, 0) is 49.6 Å². The normalized spacial score (nSPS) is 19.1. The third-order valence-electron chi connectivity index (χ3n) is 4.08. The van der Waals surface area contributed by atoms with Gasteiger partial charge in [0.2, 0.25) is 5.91 Å². The molecular formula is C17H19Cl2N3O3. The first-order valence-corrected chi connectivity index (χ1v) is 8.11. The van der Waals surface area contributed by atoms with Gasteiger partial charge in [0.25, 0.3) is 5.91 Å². The maximum absolute atomic E-state index is 12.4. The molecule has 1 aromatic carbocycles. The number of carbonyl (C=O) groups excluding carboxylic acids is 2. The molecular weight excluding hydrogens is 365 g/mol. The van der Waals surface area contributed by atoms with E-state index in [1.54, 1.807) is 30.3 Å². The van der Waals surface area contributed by atoms with Crippen LogP contribution in [0.4, 0.5) is 11.4 Å². The molecule has 0 saturated heterocycles. The summed E-state index contributed by atoms with van der Waals surface area (Å²) in [6.07, 6.45) is 3.71. The van der Waals surface area contributed by atoms with E-state index in [4.69, 9.17) is 21.8 Å². The van der Waals surface area contributed by atoms with Crippen molar-refractivity contribution >= 4 is 47.2 Å². The van der Waals surface area contributed by atoms with Crippen LogP contribution >= 0.6 is 24.0 Å². The predicted molar refractivity (Wildman–Crippen MR) is 99.3 cm³/mol. The molecule has 2 aromatic rings. The molecule has 1 aliphatic rings. The lowest BCUT2D eigenvalue weighted by Gasteiger charge is -2.15. The van der Waals surface area contributed by atoms with Crippen LogP contribution in [0.25, 0.3) is 0 Å². The number of furan rings is 1. The summed E-state index contributed by atoms with van der Waals surface area (Å²) < 4.78 is 5.07. The minimum absolute atomic E-state index is 0. The number of hydrogen-bond donors (Lipinski definition) is 3. The van der Waals surface area contributed by atoms with Crippen LogP contribution in [0.1, 0.15) is 29.8 Å². The number of carbonyl (C=O) groups is 2. The Bertz CT molecular complexity index is 750. The van der Waals surface area contributed by atoms with Crippen molar-refractivity contribution in [3.63, 3.8) is 0 Å². The van der Waals surface area contributed by atoms with Gasteiger partial charge in [0.05, 0.1) is 17.6 Å². The number of hydrogen-bond acceptors (Lipinski definition) is 4. The fraction of sp³-hybridized carbons (Fsp3) is 0.294. The quantitative estimate of drug-likeness (QED) is 0.749.